The van der Waals surface area contributed by atoms with Crippen molar-refractivity contribution in [3.8, 4) is 0 Å². The third kappa shape index (κ3) is 2.43. The molecule has 0 amide bonds. The van der Waals surface area contributed by atoms with Crippen molar-refractivity contribution in [2.45, 2.75) is 6.92 Å². The van der Waals surface area contributed by atoms with Gasteiger partial charge in [0.05, 0.1) is 1.28 Å². The first-order valence-electron chi connectivity index (χ1n) is 2.62. The molecule has 0 aliphatic carbocycles. The van der Waals surface area contributed by atoms with E-state index in [4.69, 9.17) is 4.02 Å². The molecule has 1 heteroatoms. The van der Waals surface area contributed by atoms with E-state index in [0.29, 0.717) is 0 Å². The minimum atomic E-state index is -1.27. The lowest BCUT2D eigenvalue weighted by atomic mass is 11.0. The maximum Gasteiger partial charge on any atom is 0.0577 e. The minimum absolute atomic E-state index is 1.16. The molecule has 0 N–H and O–H groups in total. The van der Waals surface area contributed by atoms with E-state index in [-0.39, 0.29) is 0 Å². The lowest BCUT2D eigenvalue weighted by Gasteiger charge is -1.69. The molecule has 0 heterocycles. The molecular weight excluding hydrogens is 67.0 g/mol. The lowest BCUT2D eigenvalue weighted by molar-refractivity contribution is 1.52. The van der Waals surface area contributed by atoms with Crippen LogP contribution in [-0.2, 0) is 0 Å². The van der Waals surface area contributed by atoms with Gasteiger partial charge < -0.3 is 0 Å². The highest BCUT2D eigenvalue weighted by atomic mass is 31.1. The molecule has 0 radical (unpaired) electrons. The Morgan fingerprint density at radius 2 is 3.25 bits per heavy atom. The maximum absolute atomic E-state index is 6.92. The van der Waals surface area contributed by atoms with Gasteiger partial charge in [-0.1, -0.05) is 6.92 Å². The molecule has 0 saturated carbocycles. The third-order valence-electron chi connectivity index (χ3n) is 0.224. The lowest BCUT2D eigenvalue weighted by Crippen LogP contribution is -1.47. The van der Waals surface area contributed by atoms with Crippen molar-refractivity contribution in [1.82, 2.24) is 0 Å². The first kappa shape index (κ1) is 1.26. The zero-order chi connectivity index (χ0) is 6.08. The summed E-state index contributed by atoms with van der Waals surface area (Å²) < 4.78 is 20.7. The van der Waals surface area contributed by atoms with E-state index in [1.807, 2.05) is 0 Å². The van der Waals surface area contributed by atoms with Gasteiger partial charge in [-0.15, -0.1) is 8.53 Å². The zero-order valence-corrected chi connectivity index (χ0v) is 3.84. The summed E-state index contributed by atoms with van der Waals surface area (Å²) in [6, 6.07) is 0. The number of hydrogen-bond acceptors (Lipinski definition) is 0. The van der Waals surface area contributed by atoms with Crippen molar-refractivity contribution in [3.05, 3.63) is 0 Å². The van der Waals surface area contributed by atoms with Crippen LogP contribution in [0.25, 0.3) is 0 Å². The fourth-order valence-electron chi connectivity index (χ4n) is 0. The van der Waals surface area contributed by atoms with Crippen molar-refractivity contribution in [3.63, 3.8) is 0 Å². The molecule has 0 bridgehead atoms. The Morgan fingerprint density at radius 3 is 3.25 bits per heavy atom. The topological polar surface area (TPSA) is 0 Å². The monoisotopic (exact) mass is 81.1 g/mol. The molecule has 0 rings (SSSR count). The quantitative estimate of drug-likeness (QED) is 0.417. The molecule has 26 valence electrons. The SMILES string of the molecule is [2H]C([3H])(C)P([3H])C. The molecule has 0 aromatic heterocycles. The van der Waals surface area contributed by atoms with Gasteiger partial charge in [-0.05, 0) is 12.8 Å². The second kappa shape index (κ2) is 3.43. The standard InChI is InChI=1S/C3H9P/c1-3-4-2/h4H,3H2,1-2H3/i3TD,4T. The van der Waals surface area contributed by atoms with Crippen molar-refractivity contribution >= 4 is 8.53 Å². The smallest absolute Gasteiger partial charge is 0.0577 e. The molecular formula is C3H9P. The van der Waals surface area contributed by atoms with Gasteiger partial charge in [0.2, 0.25) is 0 Å². The Morgan fingerprint density at radius 1 is 3.00 bits per heavy atom. The van der Waals surface area contributed by atoms with E-state index in [0.717, 1.165) is 0 Å². The molecule has 0 nitrogen and oxygen atoms in total. The average molecular weight is 81.1 g/mol. The summed E-state index contributed by atoms with van der Waals surface area (Å²) in [7, 11) is -1.16. The van der Waals surface area contributed by atoms with Gasteiger partial charge in [-0.25, -0.2) is 0 Å². The van der Waals surface area contributed by atoms with E-state index < -0.39 is 14.6 Å². The van der Waals surface area contributed by atoms with Gasteiger partial charge in [-0.2, -0.15) is 0 Å². The zero-order valence-electron chi connectivity index (χ0n) is 5.95. The highest BCUT2D eigenvalue weighted by Crippen LogP contribution is 1.95. The van der Waals surface area contributed by atoms with Crippen LogP contribution >= 0.6 is 8.53 Å². The minimum Gasteiger partial charge on any atom is -0.126 e. The van der Waals surface area contributed by atoms with Crippen LogP contribution < -0.4 is 0 Å². The normalized spacial score (nSPS) is 42.0. The van der Waals surface area contributed by atoms with Gasteiger partial charge >= 0.3 is 0 Å². The van der Waals surface area contributed by atoms with E-state index in [2.05, 4.69) is 0 Å². The van der Waals surface area contributed by atoms with Gasteiger partial charge in [0.15, 0.2) is 0 Å². The van der Waals surface area contributed by atoms with Crippen molar-refractivity contribution in [2.75, 3.05) is 12.8 Å². The molecule has 2 atom stereocenters. The van der Waals surface area contributed by atoms with Crippen LogP contribution in [0.3, 0.4) is 0 Å². The van der Waals surface area contributed by atoms with E-state index in [1.165, 1.54) is 6.92 Å². The van der Waals surface area contributed by atoms with Crippen molar-refractivity contribution in [1.29, 1.82) is 1.28 Å². The molecule has 0 aliphatic rings. The maximum atomic E-state index is 6.92. The molecule has 0 saturated heterocycles. The van der Waals surface area contributed by atoms with Gasteiger partial charge in [-0.3, -0.25) is 0 Å². The Balaban J connectivity index is 3.54. The van der Waals surface area contributed by atoms with Crippen molar-refractivity contribution < 1.29 is 2.74 Å². The Bertz CT molecular complexity index is 55.7. The Kier molecular flexibility index (Phi) is 1.08. The largest absolute Gasteiger partial charge is 0.126 e. The molecule has 0 spiro atoms. The first-order valence-corrected chi connectivity index (χ1v) is 2.51. The van der Waals surface area contributed by atoms with Gasteiger partial charge in [0, 0.05) is 2.74 Å². The summed E-state index contributed by atoms with van der Waals surface area (Å²) in [4.78, 5) is 0. The third-order valence-corrected chi connectivity index (χ3v) is 0.671. The van der Waals surface area contributed by atoms with Crippen LogP contribution in [0.5, 0.6) is 0 Å². The highest BCUT2D eigenvalue weighted by Gasteiger charge is 1.55. The van der Waals surface area contributed by atoms with Crippen molar-refractivity contribution in [2.24, 2.45) is 0 Å². The van der Waals surface area contributed by atoms with Crippen LogP contribution in [0.4, 0.5) is 0 Å². The van der Waals surface area contributed by atoms with E-state index in [9.17, 15) is 0 Å². The van der Waals surface area contributed by atoms with Gasteiger partial charge in [0.25, 0.3) is 0 Å². The second-order valence-electron chi connectivity index (χ2n) is 0.447. The summed E-state index contributed by atoms with van der Waals surface area (Å²) in [5.74, 6) is 0. The Hall–Kier alpha value is 0.430. The molecule has 0 aliphatic heterocycles. The van der Waals surface area contributed by atoms with Crippen LogP contribution in [0.2, 0.25) is 0 Å². The van der Waals surface area contributed by atoms with Crippen LogP contribution in [0.15, 0.2) is 0 Å². The number of rotatable bonds is 1. The molecule has 0 aromatic rings. The number of hydrogen-bond donors (Lipinski definition) is 0. The van der Waals surface area contributed by atoms with Crippen LogP contribution in [0, 0.1) is 0 Å². The average Bonchev–Trinajstić information content (AvgIpc) is 1.31. The molecule has 2 unspecified atom stereocenters. The van der Waals surface area contributed by atoms with E-state index >= 15 is 0 Å². The molecule has 4 heavy (non-hydrogen) atoms. The summed E-state index contributed by atoms with van der Waals surface area (Å²) in [6.45, 7) is 3.04. The summed E-state index contributed by atoms with van der Waals surface area (Å²) in [6.07, 6.45) is -1.27. The first-order chi connectivity index (χ1) is 2.94. The highest BCUT2D eigenvalue weighted by molar-refractivity contribution is 7.36. The summed E-state index contributed by atoms with van der Waals surface area (Å²) >= 11 is 0. The van der Waals surface area contributed by atoms with Crippen LogP contribution in [-0.4, -0.2) is 14.1 Å². The summed E-state index contributed by atoms with van der Waals surface area (Å²) in [5.41, 5.74) is 0. The second-order valence-corrected chi connectivity index (χ2v) is 1.34. The summed E-state index contributed by atoms with van der Waals surface area (Å²) in [5, 5.41) is 0. The molecule has 0 aromatic carbocycles. The fraction of sp³-hybridized carbons (Fsp3) is 1.00. The van der Waals surface area contributed by atoms with E-state index in [1.54, 1.807) is 6.66 Å². The molecule has 0 fully saturated rings. The predicted octanol–water partition coefficient (Wildman–Crippen LogP) is 1.31. The predicted molar refractivity (Wildman–Crippen MR) is 24.8 cm³/mol. The van der Waals surface area contributed by atoms with Gasteiger partial charge in [0.1, 0.15) is 0 Å². The van der Waals surface area contributed by atoms with Crippen LogP contribution in [0.1, 0.15) is 9.67 Å². The Labute approximate surface area is 33.5 Å². The fourth-order valence-corrected chi connectivity index (χ4v) is 0.